The maximum atomic E-state index is 6.85. The summed E-state index contributed by atoms with van der Waals surface area (Å²) in [7, 11) is 0. The number of furan rings is 1. The fraction of sp³-hybridized carbons (Fsp3) is 0.138. The molecule has 2 aliphatic heterocycles. The number of para-hydroxylation sites is 3. The van der Waals surface area contributed by atoms with Crippen molar-refractivity contribution in [3.05, 3.63) is 193 Å². The Hall–Kier alpha value is -7.24. The minimum atomic E-state index is -0.154. The van der Waals surface area contributed by atoms with Crippen LogP contribution in [0.1, 0.15) is 52.7 Å². The smallest absolute Gasteiger partial charge is 0.333 e. The molecule has 0 radical (unpaired) electrons. The number of hydrogen-bond acceptors (Lipinski definition) is 3. The predicted molar refractivity (Wildman–Crippen MR) is 267 cm³/mol. The molecule has 4 nitrogen and oxygen atoms in total. The van der Waals surface area contributed by atoms with Crippen LogP contribution >= 0.6 is 0 Å². The van der Waals surface area contributed by atoms with E-state index in [1.54, 1.807) is 0 Å². The fourth-order valence-electron chi connectivity index (χ4n) is 10.3. The normalized spacial score (nSPS) is 13.2. The van der Waals surface area contributed by atoms with Crippen molar-refractivity contribution in [3.8, 4) is 22.3 Å². The van der Waals surface area contributed by atoms with Gasteiger partial charge in [0.05, 0.1) is 5.52 Å². The molecule has 8 aromatic carbocycles. The van der Waals surface area contributed by atoms with E-state index in [2.05, 4.69) is 238 Å². The first-order chi connectivity index (χ1) is 30.5. The number of aromatic nitrogens is 1. The molecular weight excluding hydrogens is 765 g/mol. The van der Waals surface area contributed by atoms with Crippen LogP contribution in [0, 0.1) is 0 Å². The number of anilines is 6. The molecule has 0 fully saturated rings. The van der Waals surface area contributed by atoms with Gasteiger partial charge in [0.1, 0.15) is 5.58 Å². The van der Waals surface area contributed by atoms with E-state index >= 15 is 0 Å². The van der Waals surface area contributed by atoms with Crippen LogP contribution in [0.2, 0.25) is 0 Å². The van der Waals surface area contributed by atoms with Gasteiger partial charge in [0.15, 0.2) is 5.58 Å². The molecule has 4 heterocycles. The molecule has 10 aromatic rings. The quantitative estimate of drug-likeness (QED) is 0.162. The molecule has 0 N–H and O–H groups in total. The van der Waals surface area contributed by atoms with Crippen LogP contribution in [-0.4, -0.2) is 11.3 Å². The zero-order valence-corrected chi connectivity index (χ0v) is 36.6. The van der Waals surface area contributed by atoms with Crippen molar-refractivity contribution in [2.24, 2.45) is 0 Å². The molecule has 0 atom stereocenters. The van der Waals surface area contributed by atoms with Gasteiger partial charge < -0.3 is 18.7 Å². The minimum absolute atomic E-state index is 0.0396. The lowest BCUT2D eigenvalue weighted by molar-refractivity contribution is 0.590. The summed E-state index contributed by atoms with van der Waals surface area (Å²) in [4.78, 5) is 4.94. The standard InChI is InChI=1S/C58H48BN3O/c1-57(2,3)39-24-28-42(29-25-39)60(43-30-26-40(27-31-43)58(4,5)6)44-32-33-50-49(36-44)59-53-48(34-38(37-16-9-7-10-17-37)35-51(53)61(50)41-18-11-8-12-19-41)45-21-15-22-47-54(45)62(59)55-46-20-13-14-23-52(46)63-56(47)55/h7-36H,1-6H3. The highest BCUT2D eigenvalue weighted by molar-refractivity contribution is 6.90. The van der Waals surface area contributed by atoms with Gasteiger partial charge in [-0.3, -0.25) is 0 Å². The Bertz CT molecular complexity index is 3350. The van der Waals surface area contributed by atoms with Gasteiger partial charge in [-0.15, -0.1) is 0 Å². The van der Waals surface area contributed by atoms with E-state index in [0.29, 0.717) is 0 Å². The van der Waals surface area contributed by atoms with Gasteiger partial charge in [-0.1, -0.05) is 139 Å². The molecule has 63 heavy (non-hydrogen) atoms. The predicted octanol–water partition coefficient (Wildman–Crippen LogP) is 14.7. The maximum Gasteiger partial charge on any atom is 0.333 e. The molecule has 2 aliphatic rings. The second-order valence-corrected chi connectivity index (χ2v) is 19.4. The molecule has 12 rings (SSSR count). The van der Waals surface area contributed by atoms with Crippen LogP contribution in [0.5, 0.6) is 0 Å². The lowest BCUT2D eigenvalue weighted by atomic mass is 9.45. The zero-order chi connectivity index (χ0) is 42.8. The molecule has 304 valence electrons. The highest BCUT2D eigenvalue weighted by atomic mass is 16.3. The van der Waals surface area contributed by atoms with Crippen molar-refractivity contribution in [2.45, 2.75) is 52.4 Å². The molecule has 0 amide bonds. The molecular formula is C58H48BN3O. The Morgan fingerprint density at radius 3 is 1.75 bits per heavy atom. The van der Waals surface area contributed by atoms with E-state index in [-0.39, 0.29) is 17.7 Å². The first kappa shape index (κ1) is 37.5. The first-order valence-electron chi connectivity index (χ1n) is 22.2. The van der Waals surface area contributed by atoms with Gasteiger partial charge in [-0.25, -0.2) is 0 Å². The minimum Gasteiger partial charge on any atom is -0.454 e. The lowest BCUT2D eigenvalue weighted by Crippen LogP contribution is -2.56. The molecule has 0 saturated heterocycles. The van der Waals surface area contributed by atoms with Crippen molar-refractivity contribution in [1.82, 2.24) is 4.48 Å². The second kappa shape index (κ2) is 13.6. The van der Waals surface area contributed by atoms with E-state index in [9.17, 15) is 0 Å². The van der Waals surface area contributed by atoms with E-state index in [0.717, 1.165) is 55.9 Å². The van der Waals surface area contributed by atoms with Gasteiger partial charge in [-0.2, -0.15) is 0 Å². The summed E-state index contributed by atoms with van der Waals surface area (Å²) < 4.78 is 9.46. The first-order valence-corrected chi connectivity index (χ1v) is 22.2. The number of nitrogens with zero attached hydrogens (tertiary/aromatic N) is 3. The molecule has 2 aromatic heterocycles. The molecule has 0 aliphatic carbocycles. The fourth-order valence-corrected chi connectivity index (χ4v) is 10.3. The van der Waals surface area contributed by atoms with E-state index in [1.165, 1.54) is 55.5 Å². The number of hydrogen-bond donors (Lipinski definition) is 0. The summed E-state index contributed by atoms with van der Waals surface area (Å²) in [6, 6.07) is 67.4. The highest BCUT2D eigenvalue weighted by Crippen LogP contribution is 2.49. The Morgan fingerprint density at radius 1 is 0.476 bits per heavy atom. The Morgan fingerprint density at radius 2 is 1.08 bits per heavy atom. The lowest BCUT2D eigenvalue weighted by Gasteiger charge is -2.41. The third kappa shape index (κ3) is 5.76. The van der Waals surface area contributed by atoms with Crippen LogP contribution in [-0.2, 0) is 10.8 Å². The Kier molecular flexibility index (Phi) is 8.12. The second-order valence-electron chi connectivity index (χ2n) is 19.4. The van der Waals surface area contributed by atoms with Crippen molar-refractivity contribution in [3.63, 3.8) is 0 Å². The van der Waals surface area contributed by atoms with E-state index in [4.69, 9.17) is 4.42 Å². The van der Waals surface area contributed by atoms with Crippen molar-refractivity contribution >= 4 is 84.9 Å². The number of rotatable bonds is 5. The molecule has 0 spiro atoms. The van der Waals surface area contributed by atoms with Crippen molar-refractivity contribution < 1.29 is 4.42 Å². The van der Waals surface area contributed by atoms with Crippen LogP contribution in [0.15, 0.2) is 186 Å². The van der Waals surface area contributed by atoms with Gasteiger partial charge in [0.25, 0.3) is 0 Å². The van der Waals surface area contributed by atoms with Gasteiger partial charge >= 0.3 is 6.85 Å². The summed E-state index contributed by atoms with van der Waals surface area (Å²) in [5.41, 5.74) is 21.1. The zero-order valence-electron chi connectivity index (χ0n) is 36.6. The van der Waals surface area contributed by atoms with Crippen LogP contribution < -0.4 is 20.7 Å². The average molecular weight is 814 g/mol. The number of fused-ring (bicyclic) bond motifs is 9. The third-order valence-electron chi connectivity index (χ3n) is 13.5. The molecule has 0 bridgehead atoms. The van der Waals surface area contributed by atoms with Crippen molar-refractivity contribution in [1.29, 1.82) is 0 Å². The monoisotopic (exact) mass is 813 g/mol. The van der Waals surface area contributed by atoms with Crippen LogP contribution in [0.3, 0.4) is 0 Å². The molecule has 5 heteroatoms. The maximum absolute atomic E-state index is 6.85. The molecule has 0 unspecified atom stereocenters. The SMILES string of the molecule is CC(C)(C)c1ccc(N(c2ccc(C(C)(C)C)cc2)c2ccc3c(c2)B2c4c(cc(-c5ccccc5)cc4N3c3ccccc3)-c3cccc4c5oc6ccccc6c5n2c34)cc1. The third-order valence-corrected chi connectivity index (χ3v) is 13.5. The van der Waals surface area contributed by atoms with Crippen molar-refractivity contribution in [2.75, 3.05) is 9.80 Å². The van der Waals surface area contributed by atoms with Gasteiger partial charge in [0.2, 0.25) is 0 Å². The Labute approximate surface area is 369 Å². The van der Waals surface area contributed by atoms with Crippen LogP contribution in [0.25, 0.3) is 55.2 Å². The summed E-state index contributed by atoms with van der Waals surface area (Å²) in [5, 5.41) is 2.27. The van der Waals surface area contributed by atoms with Crippen LogP contribution in [0.4, 0.5) is 34.1 Å². The molecule has 0 saturated carbocycles. The largest absolute Gasteiger partial charge is 0.454 e. The van der Waals surface area contributed by atoms with Gasteiger partial charge in [-0.05, 0) is 135 Å². The number of benzene rings is 8. The van der Waals surface area contributed by atoms with E-state index in [1.807, 2.05) is 0 Å². The Balaban J connectivity index is 1.18. The summed E-state index contributed by atoms with van der Waals surface area (Å²) in [5.74, 6) is 0. The summed E-state index contributed by atoms with van der Waals surface area (Å²) in [6.45, 7) is 13.5. The summed E-state index contributed by atoms with van der Waals surface area (Å²) >= 11 is 0. The van der Waals surface area contributed by atoms with E-state index < -0.39 is 0 Å². The average Bonchev–Trinajstić information content (AvgIpc) is 3.84. The summed E-state index contributed by atoms with van der Waals surface area (Å²) in [6.07, 6.45) is 0. The highest BCUT2D eigenvalue weighted by Gasteiger charge is 2.44. The van der Waals surface area contributed by atoms with Gasteiger partial charge in [0, 0.05) is 56.0 Å². The topological polar surface area (TPSA) is 24.6 Å².